The second kappa shape index (κ2) is 6.98. The van der Waals surface area contributed by atoms with E-state index >= 15 is 0 Å². The molecule has 0 bridgehead atoms. The lowest BCUT2D eigenvalue weighted by molar-refractivity contribution is -0.117. The van der Waals surface area contributed by atoms with Crippen LogP contribution in [0.15, 0.2) is 30.5 Å². The molecule has 0 aliphatic carbocycles. The Morgan fingerprint density at radius 3 is 3.04 bits per heavy atom. The average Bonchev–Trinajstić information content (AvgIpc) is 3.24. The minimum Gasteiger partial charge on any atom is -0.447 e. The number of nitrogens with zero attached hydrogens (tertiary/aromatic N) is 3. The van der Waals surface area contributed by atoms with E-state index < -0.39 is 11.6 Å². The highest BCUT2D eigenvalue weighted by Gasteiger charge is 2.38. The zero-order valence-electron chi connectivity index (χ0n) is 14.4. The Labute approximate surface area is 153 Å². The van der Waals surface area contributed by atoms with Gasteiger partial charge in [0.1, 0.15) is 12.3 Å². The normalized spacial score (nSPS) is 21.7. The zero-order chi connectivity index (χ0) is 19.0. The molecular formula is C18H18F2N4O3. The Morgan fingerprint density at radius 2 is 2.19 bits per heavy atom. The molecule has 7 nitrogen and oxygen atoms in total. The molecule has 0 radical (unpaired) electrons. The Kier molecular flexibility index (Phi) is 4.51. The third-order valence-corrected chi connectivity index (χ3v) is 4.97. The topological polar surface area (TPSA) is 76.5 Å². The summed E-state index contributed by atoms with van der Waals surface area (Å²) in [4.78, 5) is 25.5. The summed E-state index contributed by atoms with van der Waals surface area (Å²) in [6.07, 6.45) is 2.94. The van der Waals surface area contributed by atoms with Crippen LogP contribution in [0.2, 0.25) is 0 Å². The molecule has 2 aliphatic heterocycles. The van der Waals surface area contributed by atoms with Gasteiger partial charge in [0.25, 0.3) is 0 Å². The molecule has 2 amide bonds. The van der Waals surface area contributed by atoms with Gasteiger partial charge in [-0.25, -0.2) is 18.3 Å². The van der Waals surface area contributed by atoms with Gasteiger partial charge >= 0.3 is 6.09 Å². The molecule has 1 N–H and O–H groups in total. The van der Waals surface area contributed by atoms with Crippen molar-refractivity contribution in [3.8, 4) is 5.69 Å². The molecule has 1 aromatic carbocycles. The van der Waals surface area contributed by atoms with Crippen LogP contribution in [-0.4, -0.2) is 45.9 Å². The van der Waals surface area contributed by atoms with Crippen molar-refractivity contribution >= 4 is 17.8 Å². The lowest BCUT2D eigenvalue weighted by atomic mass is 9.89. The largest absolute Gasteiger partial charge is 0.447 e. The van der Waals surface area contributed by atoms with E-state index in [0.717, 1.165) is 18.9 Å². The van der Waals surface area contributed by atoms with Crippen LogP contribution in [0.5, 0.6) is 0 Å². The first-order valence-electron chi connectivity index (χ1n) is 8.74. The summed E-state index contributed by atoms with van der Waals surface area (Å²) in [6.45, 7) is 0.968. The number of carbonyl (C=O) groups excluding carboxylic acids is 2. The molecule has 142 valence electrons. The van der Waals surface area contributed by atoms with Crippen molar-refractivity contribution in [1.29, 1.82) is 0 Å². The first-order chi connectivity index (χ1) is 13.0. The van der Waals surface area contributed by atoms with Crippen molar-refractivity contribution < 1.29 is 23.1 Å². The Bertz CT molecular complexity index is 885. The number of benzene rings is 1. The third-order valence-electron chi connectivity index (χ3n) is 4.97. The van der Waals surface area contributed by atoms with Gasteiger partial charge in [-0.2, -0.15) is 0 Å². The summed E-state index contributed by atoms with van der Waals surface area (Å²) < 4.78 is 33.4. The number of aromatic nitrogens is 2. The highest BCUT2D eigenvalue weighted by molar-refractivity contribution is 5.89. The molecule has 2 atom stereocenters. The fourth-order valence-corrected chi connectivity index (χ4v) is 3.62. The quantitative estimate of drug-likeness (QED) is 0.890. The molecule has 2 aromatic rings. The van der Waals surface area contributed by atoms with E-state index in [1.54, 1.807) is 4.90 Å². The predicted molar refractivity (Wildman–Crippen MR) is 91.3 cm³/mol. The number of nitrogens with one attached hydrogen (secondary N) is 1. The lowest BCUT2D eigenvalue weighted by Crippen LogP contribution is -2.41. The Hall–Kier alpha value is -2.97. The first kappa shape index (κ1) is 17.4. The summed E-state index contributed by atoms with van der Waals surface area (Å²) in [7, 11) is 0. The van der Waals surface area contributed by atoms with Crippen LogP contribution in [0.3, 0.4) is 0 Å². The number of cyclic esters (lactones) is 1. The number of fused-ring (bicyclic) bond motifs is 1. The van der Waals surface area contributed by atoms with E-state index in [0.29, 0.717) is 19.6 Å². The number of anilines is 1. The maximum Gasteiger partial charge on any atom is 0.410 e. The van der Waals surface area contributed by atoms with Crippen LogP contribution in [0.4, 0.5) is 19.4 Å². The number of piperidine rings is 1. The van der Waals surface area contributed by atoms with Crippen LogP contribution in [0.1, 0.15) is 19.3 Å². The van der Waals surface area contributed by atoms with Gasteiger partial charge in [-0.05, 0) is 30.9 Å². The molecule has 2 saturated heterocycles. The lowest BCUT2D eigenvalue weighted by Gasteiger charge is -2.31. The minimum atomic E-state index is -1.00. The molecule has 2 aliphatic rings. The molecule has 27 heavy (non-hydrogen) atoms. The van der Waals surface area contributed by atoms with E-state index in [1.807, 2.05) is 0 Å². The Balaban J connectivity index is 1.36. The van der Waals surface area contributed by atoms with Crippen LogP contribution in [-0.2, 0) is 9.53 Å². The fourth-order valence-electron chi connectivity index (χ4n) is 3.62. The molecule has 3 heterocycles. The van der Waals surface area contributed by atoms with Crippen LogP contribution in [0, 0.1) is 17.6 Å². The van der Waals surface area contributed by atoms with Crippen molar-refractivity contribution in [3.63, 3.8) is 0 Å². The fraction of sp³-hybridized carbons (Fsp3) is 0.389. The van der Waals surface area contributed by atoms with E-state index in [2.05, 4.69) is 10.4 Å². The number of ether oxygens (including phenoxy) is 1. The monoisotopic (exact) mass is 376 g/mol. The van der Waals surface area contributed by atoms with Gasteiger partial charge in [0.15, 0.2) is 17.5 Å². The zero-order valence-corrected chi connectivity index (χ0v) is 14.4. The van der Waals surface area contributed by atoms with Crippen molar-refractivity contribution in [2.24, 2.45) is 5.92 Å². The van der Waals surface area contributed by atoms with E-state index in [9.17, 15) is 18.4 Å². The van der Waals surface area contributed by atoms with Crippen LogP contribution in [0.25, 0.3) is 5.69 Å². The third kappa shape index (κ3) is 3.49. The SMILES string of the molecule is O=C(CC1CCN2C(=O)OC[C@H]2C1)Nc1ccn(-c2cccc(F)c2F)n1. The average molecular weight is 376 g/mol. The van der Waals surface area contributed by atoms with E-state index in [-0.39, 0.29) is 35.5 Å². The summed E-state index contributed by atoms with van der Waals surface area (Å²) in [5, 5.41) is 6.77. The number of amides is 2. The number of halogens is 2. The van der Waals surface area contributed by atoms with Gasteiger partial charge in [0, 0.05) is 25.2 Å². The van der Waals surface area contributed by atoms with Gasteiger partial charge in [-0.3, -0.25) is 4.79 Å². The van der Waals surface area contributed by atoms with E-state index in [4.69, 9.17) is 4.74 Å². The minimum absolute atomic E-state index is 0.0335. The van der Waals surface area contributed by atoms with Crippen LogP contribution >= 0.6 is 0 Å². The molecule has 1 unspecified atom stereocenters. The number of carbonyl (C=O) groups is 2. The first-order valence-corrected chi connectivity index (χ1v) is 8.74. The molecular weight excluding hydrogens is 358 g/mol. The highest BCUT2D eigenvalue weighted by Crippen LogP contribution is 2.29. The second-order valence-corrected chi connectivity index (χ2v) is 6.79. The number of hydrogen-bond donors (Lipinski definition) is 1. The van der Waals surface area contributed by atoms with E-state index in [1.165, 1.54) is 29.1 Å². The maximum absolute atomic E-state index is 13.8. The van der Waals surface area contributed by atoms with Gasteiger partial charge in [0.2, 0.25) is 5.91 Å². The van der Waals surface area contributed by atoms with Crippen molar-refractivity contribution in [1.82, 2.24) is 14.7 Å². The molecule has 2 fully saturated rings. The summed E-state index contributed by atoms with van der Waals surface area (Å²) in [5.74, 6) is -1.75. The number of rotatable bonds is 4. The second-order valence-electron chi connectivity index (χ2n) is 6.79. The van der Waals surface area contributed by atoms with Gasteiger partial charge in [-0.15, -0.1) is 5.10 Å². The standard InChI is InChI=1S/C18H18F2N4O3/c19-13-2-1-3-14(17(13)20)24-7-5-15(22-24)21-16(25)9-11-4-6-23-12(8-11)10-27-18(23)26/h1-3,5,7,11-12H,4,6,8-10H2,(H,21,22,25)/t11?,12-/m1/s1. The molecule has 1 aromatic heterocycles. The number of hydrogen-bond acceptors (Lipinski definition) is 4. The molecule has 0 spiro atoms. The predicted octanol–water partition coefficient (Wildman–Crippen LogP) is 2.71. The molecule has 9 heteroatoms. The summed E-state index contributed by atoms with van der Waals surface area (Å²) in [6, 6.07) is 5.38. The highest BCUT2D eigenvalue weighted by atomic mass is 19.2. The van der Waals surface area contributed by atoms with Crippen molar-refractivity contribution in [2.45, 2.75) is 25.3 Å². The summed E-state index contributed by atoms with van der Waals surface area (Å²) >= 11 is 0. The Morgan fingerprint density at radius 1 is 1.33 bits per heavy atom. The van der Waals surface area contributed by atoms with Gasteiger partial charge in [-0.1, -0.05) is 6.07 Å². The molecule has 0 saturated carbocycles. The van der Waals surface area contributed by atoms with Gasteiger partial charge < -0.3 is 15.0 Å². The smallest absolute Gasteiger partial charge is 0.410 e. The van der Waals surface area contributed by atoms with Crippen molar-refractivity contribution in [2.75, 3.05) is 18.5 Å². The van der Waals surface area contributed by atoms with Gasteiger partial charge in [0.05, 0.1) is 6.04 Å². The van der Waals surface area contributed by atoms with Crippen LogP contribution < -0.4 is 5.32 Å². The maximum atomic E-state index is 13.8. The summed E-state index contributed by atoms with van der Waals surface area (Å²) in [5.41, 5.74) is -0.0335. The van der Waals surface area contributed by atoms with Crippen molar-refractivity contribution in [3.05, 3.63) is 42.1 Å². The molecule has 4 rings (SSSR count).